The highest BCUT2D eigenvalue weighted by molar-refractivity contribution is 7.14. The molecule has 2 aromatic carbocycles. The molecule has 0 spiro atoms. The van der Waals surface area contributed by atoms with E-state index in [0.29, 0.717) is 32.3 Å². The van der Waals surface area contributed by atoms with Gasteiger partial charge < -0.3 is 10.6 Å². The Balaban J connectivity index is 1.30. The average molecular weight is 507 g/mol. The second-order valence-electron chi connectivity index (χ2n) is 8.00. The third-order valence-electron chi connectivity index (χ3n) is 5.79. The van der Waals surface area contributed by atoms with Crippen LogP contribution < -0.4 is 10.6 Å². The second-order valence-corrected chi connectivity index (χ2v) is 9.83. The second kappa shape index (κ2) is 9.33. The Kier molecular flexibility index (Phi) is 5.73. The van der Waals surface area contributed by atoms with Gasteiger partial charge in [0.25, 0.3) is 11.8 Å². The number of rotatable bonds is 5. The summed E-state index contributed by atoms with van der Waals surface area (Å²) in [4.78, 5) is 36.5. The van der Waals surface area contributed by atoms with Crippen molar-refractivity contribution in [3.63, 3.8) is 0 Å². The molecular formula is C28H18N4O2S2. The lowest BCUT2D eigenvalue weighted by atomic mass is 10.1. The first kappa shape index (κ1) is 22.1. The highest BCUT2D eigenvalue weighted by Crippen LogP contribution is 2.35. The number of carbonyl (C=O) groups is 2. The quantitative estimate of drug-likeness (QED) is 0.262. The maximum absolute atomic E-state index is 13.3. The third kappa shape index (κ3) is 4.02. The number of hydrogen-bond donors (Lipinski definition) is 2. The Morgan fingerprint density at radius 1 is 0.583 bits per heavy atom. The number of para-hydroxylation sites is 2. The van der Waals surface area contributed by atoms with Gasteiger partial charge in [0.05, 0.1) is 22.4 Å². The molecule has 0 unspecified atom stereocenters. The number of benzene rings is 2. The van der Waals surface area contributed by atoms with Crippen LogP contribution >= 0.6 is 22.7 Å². The minimum atomic E-state index is -0.242. The minimum Gasteiger partial charge on any atom is -0.319 e. The lowest BCUT2D eigenvalue weighted by Gasteiger charge is -2.10. The van der Waals surface area contributed by atoms with Gasteiger partial charge in [-0.15, -0.1) is 22.7 Å². The fourth-order valence-corrected chi connectivity index (χ4v) is 5.77. The lowest BCUT2D eigenvalue weighted by molar-refractivity contribution is 0.102. The molecule has 0 aliphatic carbocycles. The van der Waals surface area contributed by atoms with Gasteiger partial charge in [-0.1, -0.05) is 36.4 Å². The molecule has 2 amide bonds. The number of fused-ring (bicyclic) bond motifs is 2. The van der Waals surface area contributed by atoms with Gasteiger partial charge in [0.1, 0.15) is 9.75 Å². The highest BCUT2D eigenvalue weighted by Gasteiger charge is 2.22. The number of nitrogens with zero attached hydrogens (tertiary/aromatic N) is 2. The predicted octanol–water partition coefficient (Wildman–Crippen LogP) is 7.08. The number of amides is 2. The zero-order valence-electron chi connectivity index (χ0n) is 18.8. The molecule has 4 aromatic heterocycles. The van der Waals surface area contributed by atoms with E-state index in [0.717, 1.165) is 21.8 Å². The molecule has 6 nitrogen and oxygen atoms in total. The van der Waals surface area contributed by atoms with E-state index in [1.807, 2.05) is 83.6 Å². The first-order valence-electron chi connectivity index (χ1n) is 11.1. The molecule has 0 saturated heterocycles. The maximum atomic E-state index is 13.3. The van der Waals surface area contributed by atoms with Crippen LogP contribution in [-0.2, 0) is 0 Å². The van der Waals surface area contributed by atoms with Crippen LogP contribution in [0, 0.1) is 0 Å². The normalized spacial score (nSPS) is 11.0. The van der Waals surface area contributed by atoms with Crippen molar-refractivity contribution in [1.82, 2.24) is 9.97 Å². The average Bonchev–Trinajstić information content (AvgIpc) is 3.59. The smallest absolute Gasteiger partial charge is 0.266 e. The van der Waals surface area contributed by atoms with Crippen LogP contribution in [-0.4, -0.2) is 21.8 Å². The van der Waals surface area contributed by atoms with Crippen molar-refractivity contribution >= 4 is 67.7 Å². The SMILES string of the molecule is O=C(Nc1cccc2cccnc12)c1sccc1-c1ccsc1C(=O)Nc1cccc2cccnc12. The van der Waals surface area contributed by atoms with Crippen molar-refractivity contribution < 1.29 is 9.59 Å². The van der Waals surface area contributed by atoms with Gasteiger partial charge in [-0.25, -0.2) is 0 Å². The summed E-state index contributed by atoms with van der Waals surface area (Å²) in [5.41, 5.74) is 4.17. The number of aromatic nitrogens is 2. The standard InChI is InChI=1S/C28H18N4O2S2/c33-27(31-21-9-1-5-17-7-3-13-29-23(17)21)25-19(11-15-35-25)20-12-16-36-26(20)28(34)32-22-10-2-6-18-8-4-14-30-24(18)22/h1-16H,(H,31,33)(H,32,34). The molecule has 6 rings (SSSR count). The number of nitrogens with one attached hydrogen (secondary N) is 2. The summed E-state index contributed by atoms with van der Waals surface area (Å²) in [6, 6.07) is 22.7. The molecule has 0 aliphatic heterocycles. The van der Waals surface area contributed by atoms with Gasteiger partial charge in [-0.3, -0.25) is 19.6 Å². The number of carbonyl (C=O) groups excluding carboxylic acids is 2. The van der Waals surface area contributed by atoms with E-state index in [9.17, 15) is 9.59 Å². The summed E-state index contributed by atoms with van der Waals surface area (Å²) in [6.07, 6.45) is 3.41. The van der Waals surface area contributed by atoms with E-state index in [1.165, 1.54) is 22.7 Å². The number of hydrogen-bond acceptors (Lipinski definition) is 6. The van der Waals surface area contributed by atoms with Gasteiger partial charge in [0.15, 0.2) is 0 Å². The van der Waals surface area contributed by atoms with Gasteiger partial charge in [0.2, 0.25) is 0 Å². The summed E-state index contributed by atoms with van der Waals surface area (Å²) in [7, 11) is 0. The first-order chi connectivity index (χ1) is 17.7. The zero-order chi connectivity index (χ0) is 24.5. The number of thiophene rings is 2. The predicted molar refractivity (Wildman–Crippen MR) is 147 cm³/mol. The van der Waals surface area contributed by atoms with Crippen molar-refractivity contribution in [2.24, 2.45) is 0 Å². The molecule has 0 bridgehead atoms. The topological polar surface area (TPSA) is 84.0 Å². The third-order valence-corrected chi connectivity index (χ3v) is 7.62. The van der Waals surface area contributed by atoms with Crippen LogP contribution in [0.4, 0.5) is 11.4 Å². The monoisotopic (exact) mass is 506 g/mol. The lowest BCUT2D eigenvalue weighted by Crippen LogP contribution is -2.14. The van der Waals surface area contributed by atoms with Gasteiger partial charge in [0, 0.05) is 34.3 Å². The van der Waals surface area contributed by atoms with Gasteiger partial charge in [-0.2, -0.15) is 0 Å². The summed E-state index contributed by atoms with van der Waals surface area (Å²) in [5.74, 6) is -0.483. The maximum Gasteiger partial charge on any atom is 0.266 e. The Labute approximate surface area is 214 Å². The fourth-order valence-electron chi connectivity index (χ4n) is 4.16. The molecule has 0 atom stereocenters. The molecule has 36 heavy (non-hydrogen) atoms. The number of anilines is 2. The molecule has 174 valence electrons. The summed E-state index contributed by atoms with van der Waals surface area (Å²) >= 11 is 2.67. The molecule has 8 heteroatoms. The first-order valence-corrected chi connectivity index (χ1v) is 12.9. The van der Waals surface area contributed by atoms with Crippen LogP contribution in [0.5, 0.6) is 0 Å². The molecule has 0 saturated carbocycles. The largest absolute Gasteiger partial charge is 0.319 e. The van der Waals surface area contributed by atoms with Crippen molar-refractivity contribution in [1.29, 1.82) is 0 Å². The zero-order valence-corrected chi connectivity index (χ0v) is 20.4. The van der Waals surface area contributed by atoms with Crippen molar-refractivity contribution in [3.8, 4) is 11.1 Å². The van der Waals surface area contributed by atoms with Crippen molar-refractivity contribution in [2.75, 3.05) is 10.6 Å². The molecule has 2 N–H and O–H groups in total. The van der Waals surface area contributed by atoms with Crippen LogP contribution in [0.2, 0.25) is 0 Å². The number of pyridine rings is 2. The molecule has 4 heterocycles. The van der Waals surface area contributed by atoms with E-state index in [-0.39, 0.29) is 11.8 Å². The van der Waals surface area contributed by atoms with Gasteiger partial charge >= 0.3 is 0 Å². The molecule has 0 aliphatic rings. The summed E-state index contributed by atoms with van der Waals surface area (Å²) < 4.78 is 0. The fraction of sp³-hybridized carbons (Fsp3) is 0. The van der Waals surface area contributed by atoms with E-state index in [4.69, 9.17) is 0 Å². The van der Waals surface area contributed by atoms with Crippen molar-refractivity contribution in [2.45, 2.75) is 0 Å². The van der Waals surface area contributed by atoms with Crippen molar-refractivity contribution in [3.05, 3.63) is 106 Å². The molecule has 6 aromatic rings. The van der Waals surface area contributed by atoms with Gasteiger partial charge in [-0.05, 0) is 47.2 Å². The molecular weight excluding hydrogens is 488 g/mol. The molecule has 0 fully saturated rings. The Morgan fingerprint density at radius 3 is 1.50 bits per heavy atom. The van der Waals surface area contributed by atoms with Crippen LogP contribution in [0.1, 0.15) is 19.3 Å². The van der Waals surface area contributed by atoms with Crippen LogP contribution in [0.15, 0.2) is 96.0 Å². The Bertz CT molecular complexity index is 1620. The van der Waals surface area contributed by atoms with E-state index in [2.05, 4.69) is 20.6 Å². The molecule has 0 radical (unpaired) electrons. The van der Waals surface area contributed by atoms with E-state index in [1.54, 1.807) is 12.4 Å². The van der Waals surface area contributed by atoms with Crippen LogP contribution in [0.25, 0.3) is 32.9 Å². The Morgan fingerprint density at radius 2 is 1.03 bits per heavy atom. The highest BCUT2D eigenvalue weighted by atomic mass is 32.1. The minimum absolute atomic E-state index is 0.242. The summed E-state index contributed by atoms with van der Waals surface area (Å²) in [5, 5.41) is 11.6. The Hall–Kier alpha value is -4.40. The summed E-state index contributed by atoms with van der Waals surface area (Å²) in [6.45, 7) is 0. The van der Waals surface area contributed by atoms with E-state index >= 15 is 0 Å². The van der Waals surface area contributed by atoms with Crippen LogP contribution in [0.3, 0.4) is 0 Å². The van der Waals surface area contributed by atoms with E-state index < -0.39 is 0 Å².